The first-order valence-corrected chi connectivity index (χ1v) is 8.56. The van der Waals surface area contributed by atoms with Crippen molar-refractivity contribution in [3.05, 3.63) is 48.5 Å². The molecule has 0 radical (unpaired) electrons. The second kappa shape index (κ2) is 9.33. The minimum atomic E-state index is -1.02. The molecule has 2 unspecified atom stereocenters. The van der Waals surface area contributed by atoms with E-state index in [2.05, 4.69) is 10.6 Å². The van der Waals surface area contributed by atoms with E-state index >= 15 is 0 Å². The van der Waals surface area contributed by atoms with Gasteiger partial charge in [0.2, 0.25) is 0 Å². The highest BCUT2D eigenvalue weighted by Crippen LogP contribution is 2.21. The second-order valence-corrected chi connectivity index (χ2v) is 6.18. The molecule has 0 aliphatic carbocycles. The summed E-state index contributed by atoms with van der Waals surface area (Å²) < 4.78 is 0. The van der Waals surface area contributed by atoms with Gasteiger partial charge in [-0.25, -0.2) is 9.59 Å². The molecule has 2 rings (SSSR count). The second-order valence-electron chi connectivity index (χ2n) is 6.18. The van der Waals surface area contributed by atoms with Gasteiger partial charge in [-0.1, -0.05) is 24.3 Å². The predicted octanol–water partition coefficient (Wildman–Crippen LogP) is 2.45. The first-order valence-electron chi connectivity index (χ1n) is 8.56. The number of nitrogen functional groups attached to an aromatic ring is 2. The molecule has 0 aliphatic heterocycles. The van der Waals surface area contributed by atoms with Gasteiger partial charge in [0.15, 0.2) is 0 Å². The molecule has 0 bridgehead atoms. The Hall–Kier alpha value is -3.42. The summed E-state index contributed by atoms with van der Waals surface area (Å²) in [5, 5.41) is 24.6. The third-order valence-electron chi connectivity index (χ3n) is 4.16. The largest absolute Gasteiger partial charge is 0.480 e. The number of para-hydroxylation sites is 4. The van der Waals surface area contributed by atoms with Gasteiger partial charge >= 0.3 is 11.9 Å². The Morgan fingerprint density at radius 3 is 1.48 bits per heavy atom. The zero-order valence-electron chi connectivity index (χ0n) is 14.8. The molecular formula is C19H24N4O4. The smallest absolute Gasteiger partial charge is 0.326 e. The molecule has 0 aromatic heterocycles. The lowest BCUT2D eigenvalue weighted by Crippen LogP contribution is -2.32. The molecule has 2 aromatic carbocycles. The molecule has 0 spiro atoms. The Bertz CT molecular complexity index is 731. The average molecular weight is 372 g/mol. The fourth-order valence-corrected chi connectivity index (χ4v) is 2.67. The molecular weight excluding hydrogens is 348 g/mol. The van der Waals surface area contributed by atoms with Gasteiger partial charge in [-0.2, -0.15) is 0 Å². The van der Waals surface area contributed by atoms with Crippen LogP contribution in [0.25, 0.3) is 0 Å². The number of nitrogens with one attached hydrogen (secondary N) is 2. The molecule has 27 heavy (non-hydrogen) atoms. The lowest BCUT2D eigenvalue weighted by molar-refractivity contribution is -0.138. The van der Waals surface area contributed by atoms with E-state index in [0.717, 1.165) is 0 Å². The molecule has 2 atom stereocenters. The van der Waals surface area contributed by atoms with Gasteiger partial charge in [0.25, 0.3) is 0 Å². The van der Waals surface area contributed by atoms with Crippen LogP contribution < -0.4 is 22.1 Å². The molecule has 8 nitrogen and oxygen atoms in total. The predicted molar refractivity (Wildman–Crippen MR) is 106 cm³/mol. The lowest BCUT2D eigenvalue weighted by Gasteiger charge is -2.20. The number of carbonyl (C=O) groups is 2. The van der Waals surface area contributed by atoms with E-state index in [0.29, 0.717) is 29.2 Å². The van der Waals surface area contributed by atoms with Crippen LogP contribution in [0.15, 0.2) is 48.5 Å². The number of aliphatic carboxylic acids is 2. The molecule has 0 saturated carbocycles. The van der Waals surface area contributed by atoms with E-state index in [1.54, 1.807) is 48.5 Å². The number of nitrogens with two attached hydrogens (primary N) is 2. The summed E-state index contributed by atoms with van der Waals surface area (Å²) in [6, 6.07) is 12.0. The van der Waals surface area contributed by atoms with Crippen LogP contribution in [0.2, 0.25) is 0 Å². The quantitative estimate of drug-likeness (QED) is 0.348. The zero-order chi connectivity index (χ0) is 19.8. The van der Waals surface area contributed by atoms with Crippen molar-refractivity contribution in [3.63, 3.8) is 0 Å². The Kier molecular flexibility index (Phi) is 6.87. The molecule has 0 aliphatic rings. The summed E-state index contributed by atoms with van der Waals surface area (Å²) in [5.74, 6) is -2.05. The Morgan fingerprint density at radius 2 is 1.15 bits per heavy atom. The molecule has 0 fully saturated rings. The third kappa shape index (κ3) is 5.81. The summed E-state index contributed by atoms with van der Waals surface area (Å²) >= 11 is 0. The maximum absolute atomic E-state index is 11.5. The van der Waals surface area contributed by atoms with Crippen LogP contribution in [-0.2, 0) is 9.59 Å². The first-order chi connectivity index (χ1) is 12.9. The third-order valence-corrected chi connectivity index (χ3v) is 4.16. The van der Waals surface area contributed by atoms with Gasteiger partial charge in [-0.15, -0.1) is 0 Å². The number of anilines is 4. The van der Waals surface area contributed by atoms with Crippen LogP contribution in [0.1, 0.15) is 19.3 Å². The maximum atomic E-state index is 11.5. The van der Waals surface area contributed by atoms with E-state index in [-0.39, 0.29) is 12.8 Å². The highest BCUT2D eigenvalue weighted by molar-refractivity contribution is 5.80. The van der Waals surface area contributed by atoms with E-state index in [1.165, 1.54) is 0 Å². The molecule has 8 N–H and O–H groups in total. The van der Waals surface area contributed by atoms with Crippen molar-refractivity contribution in [2.45, 2.75) is 31.3 Å². The molecule has 8 heteroatoms. The Morgan fingerprint density at radius 1 is 0.778 bits per heavy atom. The summed E-state index contributed by atoms with van der Waals surface area (Å²) in [5.41, 5.74) is 13.6. The zero-order valence-corrected chi connectivity index (χ0v) is 14.8. The molecule has 0 heterocycles. The van der Waals surface area contributed by atoms with Crippen LogP contribution in [-0.4, -0.2) is 34.2 Å². The number of benzene rings is 2. The van der Waals surface area contributed by atoms with Gasteiger partial charge in [-0.05, 0) is 43.5 Å². The van der Waals surface area contributed by atoms with Crippen molar-refractivity contribution in [1.29, 1.82) is 0 Å². The minimum absolute atomic E-state index is 0.249. The van der Waals surface area contributed by atoms with Gasteiger partial charge < -0.3 is 32.3 Å². The average Bonchev–Trinajstić information content (AvgIpc) is 2.62. The molecule has 0 amide bonds. The number of rotatable bonds is 10. The Balaban J connectivity index is 1.95. The lowest BCUT2D eigenvalue weighted by atomic mass is 10.0. The molecule has 2 aromatic rings. The summed E-state index contributed by atoms with van der Waals surface area (Å²) in [6.45, 7) is 0. The van der Waals surface area contributed by atoms with Crippen LogP contribution in [0.5, 0.6) is 0 Å². The van der Waals surface area contributed by atoms with E-state index in [9.17, 15) is 19.8 Å². The van der Waals surface area contributed by atoms with Gasteiger partial charge in [0, 0.05) is 0 Å². The Labute approximate surface area is 157 Å². The van der Waals surface area contributed by atoms with Crippen molar-refractivity contribution >= 4 is 34.7 Å². The monoisotopic (exact) mass is 372 g/mol. The first kappa shape index (κ1) is 19.9. The van der Waals surface area contributed by atoms with Gasteiger partial charge in [0.05, 0.1) is 22.7 Å². The van der Waals surface area contributed by atoms with Gasteiger partial charge in [0.1, 0.15) is 12.1 Å². The van der Waals surface area contributed by atoms with Crippen molar-refractivity contribution in [2.75, 3.05) is 22.1 Å². The fraction of sp³-hybridized carbons (Fsp3) is 0.263. The van der Waals surface area contributed by atoms with E-state index in [4.69, 9.17) is 11.5 Å². The molecule has 144 valence electrons. The number of carboxylic acid groups (broad SMARTS) is 2. The van der Waals surface area contributed by atoms with E-state index < -0.39 is 24.0 Å². The standard InChI is InChI=1S/C19H24N4O4/c20-12-6-1-3-8-14(12)22-16(18(24)25)10-5-11-17(19(26)27)23-15-9-4-2-7-13(15)21/h1-4,6-9,16-17,22-23H,5,10-11,20-21H2,(H,24,25)(H,26,27). The maximum Gasteiger partial charge on any atom is 0.326 e. The van der Waals surface area contributed by atoms with Crippen LogP contribution in [0.4, 0.5) is 22.7 Å². The SMILES string of the molecule is Nc1ccccc1NC(CCCC(Nc1ccccc1N)C(=O)O)C(=O)O. The summed E-state index contributed by atoms with van der Waals surface area (Å²) in [7, 11) is 0. The van der Waals surface area contributed by atoms with Crippen molar-refractivity contribution in [1.82, 2.24) is 0 Å². The number of hydrogen-bond acceptors (Lipinski definition) is 6. The van der Waals surface area contributed by atoms with Crippen LogP contribution in [0, 0.1) is 0 Å². The minimum Gasteiger partial charge on any atom is -0.480 e. The van der Waals surface area contributed by atoms with E-state index in [1.807, 2.05) is 0 Å². The van der Waals surface area contributed by atoms with Gasteiger partial charge in [-0.3, -0.25) is 0 Å². The highest BCUT2D eigenvalue weighted by atomic mass is 16.4. The number of hydrogen-bond donors (Lipinski definition) is 6. The van der Waals surface area contributed by atoms with Crippen LogP contribution >= 0.6 is 0 Å². The van der Waals surface area contributed by atoms with Crippen molar-refractivity contribution < 1.29 is 19.8 Å². The summed E-state index contributed by atoms with van der Waals surface area (Å²) in [4.78, 5) is 23.0. The molecule has 0 saturated heterocycles. The fourth-order valence-electron chi connectivity index (χ4n) is 2.67. The van der Waals surface area contributed by atoms with Crippen molar-refractivity contribution in [3.8, 4) is 0 Å². The summed E-state index contributed by atoms with van der Waals surface area (Å²) in [6.07, 6.45) is 0.881. The topological polar surface area (TPSA) is 151 Å². The number of carboxylic acids is 2. The van der Waals surface area contributed by atoms with Crippen LogP contribution in [0.3, 0.4) is 0 Å². The van der Waals surface area contributed by atoms with Crippen molar-refractivity contribution in [2.24, 2.45) is 0 Å². The normalized spacial score (nSPS) is 12.7. The highest BCUT2D eigenvalue weighted by Gasteiger charge is 2.22.